The molecule has 0 saturated heterocycles. The number of amides is 1. The fourth-order valence-electron chi connectivity index (χ4n) is 2.88. The Balaban J connectivity index is 2.11. The largest absolute Gasteiger partial charge is 0.397 e. The number of halogens is 2. The minimum atomic E-state index is -0.124. The Labute approximate surface area is 129 Å². The minimum absolute atomic E-state index is 0.124. The van der Waals surface area contributed by atoms with Crippen LogP contribution < -0.4 is 11.1 Å². The second kappa shape index (κ2) is 6.68. The van der Waals surface area contributed by atoms with Gasteiger partial charge in [-0.15, -0.1) is 0 Å². The Morgan fingerprint density at radius 2 is 2.05 bits per heavy atom. The quantitative estimate of drug-likeness (QED) is 0.818. The molecule has 2 rings (SSSR count). The second-order valence-corrected chi connectivity index (χ2v) is 6.18. The van der Waals surface area contributed by atoms with Gasteiger partial charge in [0.05, 0.1) is 15.7 Å². The minimum Gasteiger partial charge on any atom is -0.397 e. The molecule has 110 valence electrons. The zero-order valence-corrected chi connectivity index (χ0v) is 13.1. The lowest BCUT2D eigenvalue weighted by Gasteiger charge is -2.31. The first kappa shape index (κ1) is 15.5. The summed E-state index contributed by atoms with van der Waals surface area (Å²) in [7, 11) is 0. The van der Waals surface area contributed by atoms with Gasteiger partial charge in [0, 0.05) is 11.6 Å². The van der Waals surface area contributed by atoms with E-state index in [1.54, 1.807) is 12.1 Å². The van der Waals surface area contributed by atoms with E-state index in [1.807, 2.05) is 0 Å². The molecule has 1 aromatic rings. The van der Waals surface area contributed by atoms with Crippen molar-refractivity contribution >= 4 is 34.8 Å². The van der Waals surface area contributed by atoms with E-state index in [4.69, 9.17) is 28.9 Å². The second-order valence-electron chi connectivity index (χ2n) is 5.39. The summed E-state index contributed by atoms with van der Waals surface area (Å²) < 4.78 is 0. The van der Waals surface area contributed by atoms with Crippen LogP contribution in [0, 0.1) is 5.92 Å². The van der Waals surface area contributed by atoms with Crippen LogP contribution in [-0.4, -0.2) is 11.9 Å². The highest BCUT2D eigenvalue weighted by Gasteiger charge is 2.25. The molecule has 1 aliphatic rings. The zero-order valence-electron chi connectivity index (χ0n) is 11.6. The van der Waals surface area contributed by atoms with Crippen LogP contribution in [0.3, 0.4) is 0 Å². The molecule has 1 aliphatic carbocycles. The van der Waals surface area contributed by atoms with E-state index in [-0.39, 0.29) is 11.9 Å². The lowest BCUT2D eigenvalue weighted by Crippen LogP contribution is -2.41. The van der Waals surface area contributed by atoms with Gasteiger partial charge in [0.25, 0.3) is 5.91 Å². The molecule has 2 unspecified atom stereocenters. The van der Waals surface area contributed by atoms with Crippen LogP contribution in [0.4, 0.5) is 5.69 Å². The van der Waals surface area contributed by atoms with Crippen molar-refractivity contribution in [2.75, 3.05) is 5.73 Å². The van der Waals surface area contributed by atoms with Gasteiger partial charge in [-0.25, -0.2) is 0 Å². The highest BCUT2D eigenvalue weighted by Crippen LogP contribution is 2.30. The van der Waals surface area contributed by atoms with E-state index in [0.717, 1.165) is 12.8 Å². The van der Waals surface area contributed by atoms with Gasteiger partial charge in [-0.2, -0.15) is 0 Å². The highest BCUT2D eigenvalue weighted by atomic mass is 35.5. The average molecular weight is 315 g/mol. The Bertz CT molecular complexity index is 482. The standard InChI is InChI=1S/C15H20Cl2N2O/c1-2-9-5-3-4-6-13(9)19-15(20)10-7-11(16)14(17)12(18)8-10/h7-9,13H,2-6,18H2,1H3,(H,19,20). The van der Waals surface area contributed by atoms with Crippen molar-refractivity contribution < 1.29 is 4.79 Å². The van der Waals surface area contributed by atoms with Gasteiger partial charge in [0.2, 0.25) is 0 Å². The van der Waals surface area contributed by atoms with Gasteiger partial charge in [-0.1, -0.05) is 49.4 Å². The van der Waals surface area contributed by atoms with Crippen molar-refractivity contribution in [1.82, 2.24) is 5.32 Å². The third-order valence-corrected chi connectivity index (χ3v) is 4.89. The first-order valence-corrected chi connectivity index (χ1v) is 7.84. The van der Waals surface area contributed by atoms with Gasteiger partial charge in [-0.05, 0) is 30.9 Å². The summed E-state index contributed by atoms with van der Waals surface area (Å²) >= 11 is 11.9. The molecule has 1 fully saturated rings. The van der Waals surface area contributed by atoms with E-state index in [9.17, 15) is 4.79 Å². The number of rotatable bonds is 3. The molecule has 1 aromatic carbocycles. The third kappa shape index (κ3) is 3.39. The third-order valence-electron chi connectivity index (χ3n) is 4.07. The first-order chi connectivity index (χ1) is 9.52. The molecule has 0 aliphatic heterocycles. The lowest BCUT2D eigenvalue weighted by molar-refractivity contribution is 0.0905. The van der Waals surface area contributed by atoms with Crippen molar-refractivity contribution in [2.45, 2.75) is 45.1 Å². The van der Waals surface area contributed by atoms with Crippen LogP contribution in [0.25, 0.3) is 0 Å². The first-order valence-electron chi connectivity index (χ1n) is 7.08. The van der Waals surface area contributed by atoms with Gasteiger partial charge in [0.15, 0.2) is 0 Å². The van der Waals surface area contributed by atoms with Crippen LogP contribution in [0.1, 0.15) is 49.4 Å². The fourth-order valence-corrected chi connectivity index (χ4v) is 3.22. The van der Waals surface area contributed by atoms with Gasteiger partial charge in [-0.3, -0.25) is 4.79 Å². The maximum absolute atomic E-state index is 12.3. The van der Waals surface area contributed by atoms with E-state index < -0.39 is 0 Å². The van der Waals surface area contributed by atoms with Crippen molar-refractivity contribution in [1.29, 1.82) is 0 Å². The number of nitrogens with one attached hydrogen (secondary N) is 1. The van der Waals surface area contributed by atoms with E-state index in [1.165, 1.54) is 19.3 Å². The molecule has 1 saturated carbocycles. The lowest BCUT2D eigenvalue weighted by atomic mass is 9.83. The number of nitrogen functional groups attached to an aromatic ring is 1. The summed E-state index contributed by atoms with van der Waals surface area (Å²) in [6.45, 7) is 2.17. The molecule has 2 atom stereocenters. The molecular weight excluding hydrogens is 295 g/mol. The number of hydrogen-bond donors (Lipinski definition) is 2. The normalized spacial score (nSPS) is 22.6. The van der Waals surface area contributed by atoms with Gasteiger partial charge >= 0.3 is 0 Å². The number of carbonyl (C=O) groups excluding carboxylic acids is 1. The SMILES string of the molecule is CCC1CCCCC1NC(=O)c1cc(N)c(Cl)c(Cl)c1. The number of hydrogen-bond acceptors (Lipinski definition) is 2. The molecule has 20 heavy (non-hydrogen) atoms. The van der Waals surface area contributed by atoms with Crippen LogP contribution in [0.5, 0.6) is 0 Å². The summed E-state index contributed by atoms with van der Waals surface area (Å²) in [6.07, 6.45) is 5.75. The van der Waals surface area contributed by atoms with E-state index in [2.05, 4.69) is 12.2 Å². The number of nitrogens with two attached hydrogens (primary N) is 1. The molecule has 3 N–H and O–H groups in total. The summed E-state index contributed by atoms with van der Waals surface area (Å²) in [4.78, 5) is 12.3. The Morgan fingerprint density at radius 3 is 2.70 bits per heavy atom. The van der Waals surface area contributed by atoms with Crippen LogP contribution in [0.2, 0.25) is 10.0 Å². The predicted molar refractivity (Wildman–Crippen MR) is 84.4 cm³/mol. The Morgan fingerprint density at radius 1 is 1.35 bits per heavy atom. The maximum Gasteiger partial charge on any atom is 0.251 e. The molecule has 0 radical (unpaired) electrons. The Kier molecular flexibility index (Phi) is 5.17. The maximum atomic E-state index is 12.3. The highest BCUT2D eigenvalue weighted by molar-refractivity contribution is 6.43. The molecule has 5 heteroatoms. The van der Waals surface area contributed by atoms with E-state index >= 15 is 0 Å². The van der Waals surface area contributed by atoms with Gasteiger partial charge in [0.1, 0.15) is 0 Å². The molecule has 0 heterocycles. The number of carbonyl (C=O) groups is 1. The molecule has 0 spiro atoms. The predicted octanol–water partition coefficient (Wildman–Crippen LogP) is 4.27. The van der Waals surface area contributed by atoms with E-state index in [0.29, 0.717) is 27.2 Å². The molecule has 0 bridgehead atoms. The smallest absolute Gasteiger partial charge is 0.251 e. The topological polar surface area (TPSA) is 55.1 Å². The monoisotopic (exact) mass is 314 g/mol. The summed E-state index contributed by atoms with van der Waals surface area (Å²) in [6, 6.07) is 3.39. The molecule has 1 amide bonds. The summed E-state index contributed by atoms with van der Waals surface area (Å²) in [5.74, 6) is 0.438. The zero-order chi connectivity index (χ0) is 14.7. The molecular formula is C15H20Cl2N2O. The van der Waals surface area contributed by atoms with Crippen molar-refractivity contribution in [3.8, 4) is 0 Å². The average Bonchev–Trinajstić information content (AvgIpc) is 2.44. The van der Waals surface area contributed by atoms with Gasteiger partial charge < -0.3 is 11.1 Å². The number of anilines is 1. The van der Waals surface area contributed by atoms with Crippen molar-refractivity contribution in [3.63, 3.8) is 0 Å². The molecule has 0 aromatic heterocycles. The summed E-state index contributed by atoms with van der Waals surface area (Å²) in [5.41, 5.74) is 6.55. The van der Waals surface area contributed by atoms with Crippen LogP contribution >= 0.6 is 23.2 Å². The molecule has 3 nitrogen and oxygen atoms in total. The fraction of sp³-hybridized carbons (Fsp3) is 0.533. The van der Waals surface area contributed by atoms with Crippen LogP contribution in [0.15, 0.2) is 12.1 Å². The Hall–Kier alpha value is -0.930. The number of benzene rings is 1. The van der Waals surface area contributed by atoms with Crippen molar-refractivity contribution in [3.05, 3.63) is 27.7 Å². The summed E-state index contributed by atoms with van der Waals surface area (Å²) in [5, 5.41) is 3.72. The van der Waals surface area contributed by atoms with Crippen molar-refractivity contribution in [2.24, 2.45) is 5.92 Å². The van der Waals surface area contributed by atoms with Crippen LogP contribution in [-0.2, 0) is 0 Å².